The number of rotatable bonds is 3. The van der Waals surface area contributed by atoms with Gasteiger partial charge in [-0.3, -0.25) is 4.57 Å². The molecule has 4 nitrogen and oxygen atoms in total. The van der Waals surface area contributed by atoms with E-state index < -0.39 is 23.3 Å². The molecular formula is C20H14F4N4. The van der Waals surface area contributed by atoms with E-state index in [4.69, 9.17) is 0 Å². The Bertz CT molecular complexity index is 1200. The Morgan fingerprint density at radius 2 is 1.57 bits per heavy atom. The number of halogens is 4. The zero-order valence-electron chi connectivity index (χ0n) is 14.9. The third kappa shape index (κ3) is 2.96. The van der Waals surface area contributed by atoms with Crippen LogP contribution in [-0.4, -0.2) is 14.5 Å². The molecule has 0 saturated carbocycles. The summed E-state index contributed by atoms with van der Waals surface area (Å²) in [6.07, 6.45) is 1.29. The van der Waals surface area contributed by atoms with E-state index in [0.717, 1.165) is 23.8 Å². The fourth-order valence-electron chi connectivity index (χ4n) is 3.19. The Labute approximate surface area is 157 Å². The Hall–Kier alpha value is -3.42. The van der Waals surface area contributed by atoms with Crippen LogP contribution in [0.1, 0.15) is 11.3 Å². The molecule has 0 unspecified atom stereocenters. The van der Waals surface area contributed by atoms with E-state index in [0.29, 0.717) is 28.2 Å². The van der Waals surface area contributed by atoms with E-state index in [2.05, 4.69) is 15.3 Å². The van der Waals surface area contributed by atoms with E-state index in [1.54, 1.807) is 11.5 Å². The van der Waals surface area contributed by atoms with Crippen LogP contribution in [0.15, 0.2) is 42.7 Å². The van der Waals surface area contributed by atoms with Crippen molar-refractivity contribution in [2.24, 2.45) is 0 Å². The maximum atomic E-state index is 13.7. The Morgan fingerprint density at radius 3 is 2.25 bits per heavy atom. The van der Waals surface area contributed by atoms with Crippen molar-refractivity contribution in [3.05, 3.63) is 77.3 Å². The van der Waals surface area contributed by atoms with Gasteiger partial charge in [0, 0.05) is 23.5 Å². The maximum absolute atomic E-state index is 13.7. The van der Waals surface area contributed by atoms with Crippen LogP contribution < -0.4 is 5.32 Å². The molecule has 0 bridgehead atoms. The molecule has 0 spiro atoms. The van der Waals surface area contributed by atoms with Crippen molar-refractivity contribution >= 4 is 22.5 Å². The van der Waals surface area contributed by atoms with Gasteiger partial charge in [0.15, 0.2) is 17.3 Å². The molecular weight excluding hydrogens is 372 g/mol. The molecule has 142 valence electrons. The highest BCUT2D eigenvalue weighted by Crippen LogP contribution is 2.33. The second-order valence-corrected chi connectivity index (χ2v) is 6.35. The summed E-state index contributed by atoms with van der Waals surface area (Å²) in [4.78, 5) is 8.46. The molecule has 0 aliphatic heterocycles. The molecule has 2 aromatic carbocycles. The van der Waals surface area contributed by atoms with Gasteiger partial charge in [0.1, 0.15) is 23.8 Å². The normalized spacial score (nSPS) is 11.2. The predicted octanol–water partition coefficient (Wildman–Crippen LogP) is 5.34. The molecule has 0 atom stereocenters. The lowest BCUT2D eigenvalue weighted by molar-refractivity contribution is 0.509. The van der Waals surface area contributed by atoms with E-state index >= 15 is 0 Å². The molecule has 1 N–H and O–H groups in total. The highest BCUT2D eigenvalue weighted by molar-refractivity contribution is 5.94. The number of aryl methyl sites for hydroxylation is 1. The SMILES string of the molecule is Cc1c(C)n(-c2cc(F)cc(F)c2)c2ncnc(Nc3ccc(F)c(F)c3)c12. The fourth-order valence-corrected chi connectivity index (χ4v) is 3.19. The molecule has 0 radical (unpaired) electrons. The molecule has 8 heteroatoms. The summed E-state index contributed by atoms with van der Waals surface area (Å²) in [6.45, 7) is 3.62. The number of aromatic nitrogens is 3. The predicted molar refractivity (Wildman–Crippen MR) is 97.9 cm³/mol. The third-order valence-corrected chi connectivity index (χ3v) is 4.58. The molecule has 28 heavy (non-hydrogen) atoms. The average molecular weight is 386 g/mol. The lowest BCUT2D eigenvalue weighted by Crippen LogP contribution is -2.01. The third-order valence-electron chi connectivity index (χ3n) is 4.58. The number of hydrogen-bond acceptors (Lipinski definition) is 3. The van der Waals surface area contributed by atoms with Crippen molar-refractivity contribution in [1.29, 1.82) is 0 Å². The van der Waals surface area contributed by atoms with Gasteiger partial charge in [0.2, 0.25) is 0 Å². The van der Waals surface area contributed by atoms with Crippen molar-refractivity contribution in [2.45, 2.75) is 13.8 Å². The first-order chi connectivity index (χ1) is 13.3. The smallest absolute Gasteiger partial charge is 0.160 e. The highest BCUT2D eigenvalue weighted by Gasteiger charge is 2.19. The summed E-state index contributed by atoms with van der Waals surface area (Å²) in [5.74, 6) is -2.99. The average Bonchev–Trinajstić information content (AvgIpc) is 2.89. The number of nitrogens with one attached hydrogen (secondary N) is 1. The quantitative estimate of drug-likeness (QED) is 0.484. The van der Waals surface area contributed by atoms with Gasteiger partial charge in [0.25, 0.3) is 0 Å². The lowest BCUT2D eigenvalue weighted by Gasteiger charge is -2.09. The van der Waals surface area contributed by atoms with Crippen LogP contribution in [0.25, 0.3) is 16.7 Å². The van der Waals surface area contributed by atoms with Crippen molar-refractivity contribution in [3.63, 3.8) is 0 Å². The van der Waals surface area contributed by atoms with Gasteiger partial charge in [0.05, 0.1) is 11.1 Å². The number of anilines is 2. The molecule has 0 aliphatic carbocycles. The van der Waals surface area contributed by atoms with Crippen molar-refractivity contribution < 1.29 is 17.6 Å². The molecule has 2 heterocycles. The van der Waals surface area contributed by atoms with Crippen LogP contribution >= 0.6 is 0 Å². The maximum Gasteiger partial charge on any atom is 0.160 e. The second kappa shape index (κ2) is 6.63. The molecule has 2 aromatic heterocycles. The zero-order chi connectivity index (χ0) is 20.0. The largest absolute Gasteiger partial charge is 0.339 e. The minimum absolute atomic E-state index is 0.283. The molecule has 0 amide bonds. The zero-order valence-corrected chi connectivity index (χ0v) is 14.9. The van der Waals surface area contributed by atoms with Gasteiger partial charge in [-0.15, -0.1) is 0 Å². The molecule has 4 aromatic rings. The fraction of sp³-hybridized carbons (Fsp3) is 0.100. The Morgan fingerprint density at radius 1 is 0.857 bits per heavy atom. The van der Waals surface area contributed by atoms with Crippen LogP contribution in [0.3, 0.4) is 0 Å². The van der Waals surface area contributed by atoms with Gasteiger partial charge in [-0.1, -0.05) is 0 Å². The second-order valence-electron chi connectivity index (χ2n) is 6.35. The summed E-state index contributed by atoms with van der Waals surface area (Å²) in [5.41, 5.74) is 2.52. The Balaban J connectivity index is 1.90. The Kier molecular flexibility index (Phi) is 4.26. The van der Waals surface area contributed by atoms with Gasteiger partial charge in [-0.25, -0.2) is 27.5 Å². The van der Waals surface area contributed by atoms with Crippen LogP contribution in [0.4, 0.5) is 29.1 Å². The van der Waals surface area contributed by atoms with E-state index in [1.807, 2.05) is 6.92 Å². The lowest BCUT2D eigenvalue weighted by atomic mass is 10.2. The van der Waals surface area contributed by atoms with Gasteiger partial charge >= 0.3 is 0 Å². The summed E-state index contributed by atoms with van der Waals surface area (Å²) in [7, 11) is 0. The molecule has 0 saturated heterocycles. The van der Waals surface area contributed by atoms with Crippen molar-refractivity contribution in [1.82, 2.24) is 14.5 Å². The minimum atomic E-state index is -0.990. The summed E-state index contributed by atoms with van der Waals surface area (Å²) >= 11 is 0. The summed E-state index contributed by atoms with van der Waals surface area (Å²) < 4.78 is 55.8. The summed E-state index contributed by atoms with van der Waals surface area (Å²) in [6, 6.07) is 6.62. The van der Waals surface area contributed by atoms with Crippen molar-refractivity contribution in [3.8, 4) is 5.69 Å². The topological polar surface area (TPSA) is 42.7 Å². The first-order valence-electron chi connectivity index (χ1n) is 8.36. The van der Waals surface area contributed by atoms with Gasteiger partial charge in [-0.05, 0) is 43.7 Å². The standard InChI is InChI=1S/C20H14F4N4/c1-10-11(2)28(15-6-12(21)5-13(22)7-15)20-18(10)19(25-9-26-20)27-14-3-4-16(23)17(24)8-14/h3-9H,1-2H3,(H,25,26,27). The minimum Gasteiger partial charge on any atom is -0.339 e. The first-order valence-corrected chi connectivity index (χ1v) is 8.36. The van der Waals surface area contributed by atoms with E-state index in [9.17, 15) is 17.6 Å². The van der Waals surface area contributed by atoms with Crippen LogP contribution in [0.2, 0.25) is 0 Å². The van der Waals surface area contributed by atoms with E-state index in [1.165, 1.54) is 24.5 Å². The molecule has 4 rings (SSSR count). The van der Waals surface area contributed by atoms with Gasteiger partial charge < -0.3 is 5.32 Å². The van der Waals surface area contributed by atoms with Crippen LogP contribution in [-0.2, 0) is 0 Å². The van der Waals surface area contributed by atoms with E-state index in [-0.39, 0.29) is 5.69 Å². The van der Waals surface area contributed by atoms with Gasteiger partial charge in [-0.2, -0.15) is 0 Å². The summed E-state index contributed by atoms with van der Waals surface area (Å²) in [5, 5.41) is 3.56. The first kappa shape index (κ1) is 18.0. The van der Waals surface area contributed by atoms with Crippen LogP contribution in [0.5, 0.6) is 0 Å². The monoisotopic (exact) mass is 386 g/mol. The van der Waals surface area contributed by atoms with Crippen molar-refractivity contribution in [2.75, 3.05) is 5.32 Å². The molecule has 0 aliphatic rings. The van der Waals surface area contributed by atoms with Crippen LogP contribution in [0, 0.1) is 37.1 Å². The number of hydrogen-bond donors (Lipinski definition) is 1. The number of nitrogens with zero attached hydrogens (tertiary/aromatic N) is 3. The highest BCUT2D eigenvalue weighted by atomic mass is 19.2. The number of fused-ring (bicyclic) bond motifs is 1. The molecule has 0 fully saturated rings. The number of benzene rings is 2.